The van der Waals surface area contributed by atoms with Crippen molar-refractivity contribution in [3.8, 4) is 5.69 Å². The molecule has 31 heavy (non-hydrogen) atoms. The molecule has 0 radical (unpaired) electrons. The molecule has 4 rings (SSSR count). The molecule has 1 aromatic carbocycles. The van der Waals surface area contributed by atoms with Crippen LogP contribution in [0.25, 0.3) is 5.69 Å². The Hall–Kier alpha value is -2.48. The normalized spacial score (nSPS) is 18.5. The molecule has 1 aliphatic heterocycles. The van der Waals surface area contributed by atoms with Crippen LogP contribution in [0.3, 0.4) is 0 Å². The molecule has 0 saturated carbocycles. The fourth-order valence-corrected chi connectivity index (χ4v) is 6.05. The third-order valence-electron chi connectivity index (χ3n) is 5.03. The van der Waals surface area contributed by atoms with Gasteiger partial charge in [0.2, 0.25) is 0 Å². The van der Waals surface area contributed by atoms with Gasteiger partial charge < -0.3 is 4.57 Å². The molecule has 14 heteroatoms. The highest BCUT2D eigenvalue weighted by molar-refractivity contribution is 7.98. The molecule has 0 bridgehead atoms. The Morgan fingerprint density at radius 2 is 1.87 bits per heavy atom. The summed E-state index contributed by atoms with van der Waals surface area (Å²) >= 11 is 1.33. The van der Waals surface area contributed by atoms with Gasteiger partial charge >= 0.3 is 6.18 Å². The molecule has 1 saturated heterocycles. The number of sulfone groups is 1. The minimum absolute atomic E-state index is 0.0396. The Labute approximate surface area is 180 Å². The van der Waals surface area contributed by atoms with Crippen molar-refractivity contribution in [2.75, 3.05) is 11.5 Å². The number of hydrogen-bond donors (Lipinski definition) is 0. The molecule has 1 unspecified atom stereocenters. The average Bonchev–Trinajstić information content (AvgIpc) is 3.40. The van der Waals surface area contributed by atoms with Crippen LogP contribution in [-0.4, -0.2) is 54.9 Å². The molecule has 3 heterocycles. The Kier molecular flexibility index (Phi) is 5.77. The number of benzene rings is 1. The van der Waals surface area contributed by atoms with Gasteiger partial charge in [-0.3, -0.25) is 0 Å². The second kappa shape index (κ2) is 8.22. The number of halogens is 3. The predicted octanol–water partition coefficient (Wildman–Crippen LogP) is 2.08. The lowest BCUT2D eigenvalue weighted by molar-refractivity contribution is -0.137. The van der Waals surface area contributed by atoms with E-state index in [1.165, 1.54) is 28.6 Å². The predicted molar refractivity (Wildman–Crippen MR) is 105 cm³/mol. The number of thioether (sulfide) groups is 1. The number of rotatable bonds is 6. The minimum atomic E-state index is -4.41. The van der Waals surface area contributed by atoms with Crippen LogP contribution in [0.15, 0.2) is 29.4 Å². The van der Waals surface area contributed by atoms with Crippen molar-refractivity contribution >= 4 is 21.6 Å². The van der Waals surface area contributed by atoms with Crippen molar-refractivity contribution in [2.24, 2.45) is 13.0 Å². The van der Waals surface area contributed by atoms with Crippen LogP contribution in [0, 0.1) is 5.92 Å². The van der Waals surface area contributed by atoms with E-state index < -0.39 is 21.6 Å². The van der Waals surface area contributed by atoms with Gasteiger partial charge in [0, 0.05) is 13.5 Å². The van der Waals surface area contributed by atoms with Crippen molar-refractivity contribution in [3.05, 3.63) is 41.5 Å². The summed E-state index contributed by atoms with van der Waals surface area (Å²) in [5, 5.41) is 20.4. The first-order valence-electron chi connectivity index (χ1n) is 9.29. The third-order valence-corrected chi connectivity index (χ3v) is 7.88. The van der Waals surface area contributed by atoms with Crippen LogP contribution < -0.4 is 0 Å². The Morgan fingerprint density at radius 3 is 2.52 bits per heavy atom. The maximum Gasteiger partial charge on any atom is 0.416 e. The highest BCUT2D eigenvalue weighted by atomic mass is 32.2. The monoisotopic (exact) mass is 473 g/mol. The van der Waals surface area contributed by atoms with Gasteiger partial charge in [0.15, 0.2) is 20.8 Å². The topological polar surface area (TPSA) is 108 Å². The second-order valence-corrected chi connectivity index (χ2v) is 10.4. The zero-order chi connectivity index (χ0) is 22.2. The molecule has 3 aromatic rings. The van der Waals surface area contributed by atoms with Gasteiger partial charge in [-0.15, -0.1) is 15.3 Å². The first kappa shape index (κ1) is 21.7. The molecular weight excluding hydrogens is 455 g/mol. The van der Waals surface area contributed by atoms with E-state index in [1.54, 1.807) is 7.05 Å². The molecule has 0 N–H and O–H groups in total. The molecule has 0 spiro atoms. The van der Waals surface area contributed by atoms with E-state index in [1.807, 2.05) is 4.57 Å². The maximum absolute atomic E-state index is 12.8. The van der Waals surface area contributed by atoms with Crippen LogP contribution in [-0.2, 0) is 35.2 Å². The molecule has 1 aliphatic rings. The van der Waals surface area contributed by atoms with Crippen LogP contribution >= 0.6 is 11.8 Å². The molecule has 1 atom stereocenters. The van der Waals surface area contributed by atoms with Gasteiger partial charge in [-0.1, -0.05) is 11.8 Å². The van der Waals surface area contributed by atoms with E-state index in [-0.39, 0.29) is 17.4 Å². The van der Waals surface area contributed by atoms with Crippen LogP contribution in [0.1, 0.15) is 23.6 Å². The molecule has 9 nitrogen and oxygen atoms in total. The summed E-state index contributed by atoms with van der Waals surface area (Å²) in [6.07, 6.45) is -3.25. The summed E-state index contributed by atoms with van der Waals surface area (Å²) in [5.74, 6) is 1.88. The molecular formula is C17H18F3N7O2S2. The fraction of sp³-hybridized carbons (Fsp3) is 0.471. The summed E-state index contributed by atoms with van der Waals surface area (Å²) in [6.45, 7) is 0. The van der Waals surface area contributed by atoms with E-state index in [0.717, 1.165) is 12.1 Å². The number of nitrogens with zero attached hydrogens (tertiary/aromatic N) is 7. The summed E-state index contributed by atoms with van der Waals surface area (Å²) in [7, 11) is -1.15. The SMILES string of the molecule is Cn1c(CC2CCS(=O)(=O)C2)nnc1SCc1nnnn1-c1ccc(C(F)(F)F)cc1. The first-order chi connectivity index (χ1) is 14.6. The average molecular weight is 474 g/mol. The highest BCUT2D eigenvalue weighted by Crippen LogP contribution is 2.30. The van der Waals surface area contributed by atoms with Crippen molar-refractivity contribution in [1.82, 2.24) is 35.0 Å². The lowest BCUT2D eigenvalue weighted by Crippen LogP contribution is -2.11. The summed E-state index contributed by atoms with van der Waals surface area (Å²) < 4.78 is 64.8. The quantitative estimate of drug-likeness (QED) is 0.501. The van der Waals surface area contributed by atoms with Gasteiger partial charge in [-0.05, 0) is 47.0 Å². The van der Waals surface area contributed by atoms with Crippen molar-refractivity contribution in [2.45, 2.75) is 29.9 Å². The third kappa shape index (κ3) is 4.89. The standard InChI is InChI=1S/C17H18F3N7O2S2/c1-26-14(8-11-6-7-31(28,29)10-11)21-23-16(26)30-9-15-22-24-25-27(15)13-4-2-12(3-5-13)17(18,19)20/h2-5,11H,6-10H2,1H3. The first-order valence-corrected chi connectivity index (χ1v) is 12.1. The number of alkyl halides is 3. The van der Waals surface area contributed by atoms with Gasteiger partial charge in [0.25, 0.3) is 0 Å². The maximum atomic E-state index is 12.8. The van der Waals surface area contributed by atoms with E-state index in [9.17, 15) is 21.6 Å². The number of tetrazole rings is 1. The zero-order valence-electron chi connectivity index (χ0n) is 16.3. The molecule has 1 fully saturated rings. The smallest absolute Gasteiger partial charge is 0.309 e. The zero-order valence-corrected chi connectivity index (χ0v) is 18.0. The van der Waals surface area contributed by atoms with Crippen molar-refractivity contribution in [3.63, 3.8) is 0 Å². The van der Waals surface area contributed by atoms with Gasteiger partial charge in [-0.25, -0.2) is 8.42 Å². The summed E-state index contributed by atoms with van der Waals surface area (Å²) in [4.78, 5) is 0. The molecule has 0 amide bonds. The Balaban J connectivity index is 1.43. The van der Waals surface area contributed by atoms with E-state index in [0.29, 0.717) is 41.1 Å². The van der Waals surface area contributed by atoms with Gasteiger partial charge in [0.05, 0.1) is 28.5 Å². The van der Waals surface area contributed by atoms with Gasteiger partial charge in [-0.2, -0.15) is 17.9 Å². The van der Waals surface area contributed by atoms with Gasteiger partial charge in [0.1, 0.15) is 5.82 Å². The number of hydrogen-bond acceptors (Lipinski definition) is 8. The summed E-state index contributed by atoms with van der Waals surface area (Å²) in [6, 6.07) is 4.57. The van der Waals surface area contributed by atoms with Crippen LogP contribution in [0.2, 0.25) is 0 Å². The largest absolute Gasteiger partial charge is 0.416 e. The number of aromatic nitrogens is 7. The highest BCUT2D eigenvalue weighted by Gasteiger charge is 2.30. The Bertz CT molecular complexity index is 1170. The van der Waals surface area contributed by atoms with Crippen LogP contribution in [0.4, 0.5) is 13.2 Å². The fourth-order valence-electron chi connectivity index (χ4n) is 3.36. The van der Waals surface area contributed by atoms with Crippen LogP contribution in [0.5, 0.6) is 0 Å². The minimum Gasteiger partial charge on any atom is -0.309 e. The van der Waals surface area contributed by atoms with E-state index in [4.69, 9.17) is 0 Å². The molecule has 0 aliphatic carbocycles. The molecule has 166 valence electrons. The Morgan fingerprint density at radius 1 is 1.13 bits per heavy atom. The lowest BCUT2D eigenvalue weighted by Gasteiger charge is -2.09. The van der Waals surface area contributed by atoms with E-state index in [2.05, 4.69) is 25.7 Å². The van der Waals surface area contributed by atoms with Crippen molar-refractivity contribution in [1.29, 1.82) is 0 Å². The lowest BCUT2D eigenvalue weighted by atomic mass is 10.1. The second-order valence-electron chi connectivity index (χ2n) is 7.27. The summed E-state index contributed by atoms with van der Waals surface area (Å²) in [5.41, 5.74) is -0.336. The van der Waals surface area contributed by atoms with Crippen molar-refractivity contribution < 1.29 is 21.6 Å². The van der Waals surface area contributed by atoms with E-state index >= 15 is 0 Å². The molecule has 2 aromatic heterocycles.